The molecule has 0 aliphatic carbocycles. The summed E-state index contributed by atoms with van der Waals surface area (Å²) in [5, 5.41) is 0. The third-order valence-electron chi connectivity index (χ3n) is 5.60. The summed E-state index contributed by atoms with van der Waals surface area (Å²) >= 11 is 0. The SMILES string of the molecule is Cc1cc(C(=O)CN2CCN(C(=O)c3ccc(F)c(F)c3)CC2)c(C)n1C(C)(C)C. The molecule has 0 N–H and O–H groups in total. The molecule has 0 bridgehead atoms. The van der Waals surface area contributed by atoms with Gasteiger partial charge in [-0.05, 0) is 58.9 Å². The highest BCUT2D eigenvalue weighted by atomic mass is 19.2. The number of hydrogen-bond donors (Lipinski definition) is 0. The van der Waals surface area contributed by atoms with Crippen LogP contribution in [-0.4, -0.2) is 58.8 Å². The lowest BCUT2D eigenvalue weighted by Gasteiger charge is -2.34. The number of piperazine rings is 1. The minimum absolute atomic E-state index is 0.0685. The molecule has 2 heterocycles. The van der Waals surface area contributed by atoms with E-state index in [1.165, 1.54) is 6.07 Å². The molecule has 1 amide bonds. The van der Waals surface area contributed by atoms with Gasteiger partial charge in [0.05, 0.1) is 6.54 Å². The zero-order valence-electron chi connectivity index (χ0n) is 18.3. The zero-order valence-corrected chi connectivity index (χ0v) is 18.3. The summed E-state index contributed by atoms with van der Waals surface area (Å²) in [4.78, 5) is 29.1. The molecule has 0 spiro atoms. The van der Waals surface area contributed by atoms with Crippen LogP contribution in [0.4, 0.5) is 8.78 Å². The van der Waals surface area contributed by atoms with E-state index in [9.17, 15) is 18.4 Å². The topological polar surface area (TPSA) is 45.6 Å². The largest absolute Gasteiger partial charge is 0.343 e. The molecule has 5 nitrogen and oxygen atoms in total. The molecule has 1 saturated heterocycles. The first kappa shape index (κ1) is 22.2. The average Bonchev–Trinajstić information content (AvgIpc) is 2.98. The Hall–Kier alpha value is -2.54. The van der Waals surface area contributed by atoms with Crippen LogP contribution in [0.25, 0.3) is 0 Å². The van der Waals surface area contributed by atoms with Crippen LogP contribution in [-0.2, 0) is 5.54 Å². The molecule has 1 aromatic carbocycles. The van der Waals surface area contributed by atoms with Gasteiger partial charge in [-0.2, -0.15) is 0 Å². The average molecular weight is 418 g/mol. The van der Waals surface area contributed by atoms with Gasteiger partial charge in [-0.25, -0.2) is 8.78 Å². The number of rotatable bonds is 4. The second-order valence-electron chi connectivity index (χ2n) is 8.91. The molecule has 0 saturated carbocycles. The minimum Gasteiger partial charge on any atom is -0.343 e. The number of Topliss-reactive ketones (excluding diaryl/α,β-unsaturated/α-hetero) is 1. The maximum absolute atomic E-state index is 13.4. The molecule has 1 aromatic heterocycles. The van der Waals surface area contributed by atoms with Gasteiger partial charge in [0, 0.05) is 54.2 Å². The zero-order chi connectivity index (χ0) is 22.2. The van der Waals surface area contributed by atoms with Crippen LogP contribution in [0.3, 0.4) is 0 Å². The smallest absolute Gasteiger partial charge is 0.254 e. The van der Waals surface area contributed by atoms with Crippen LogP contribution < -0.4 is 0 Å². The molecular weight excluding hydrogens is 388 g/mol. The van der Waals surface area contributed by atoms with Crippen molar-refractivity contribution in [2.75, 3.05) is 32.7 Å². The lowest BCUT2D eigenvalue weighted by molar-refractivity contribution is 0.0624. The molecule has 2 aromatic rings. The molecule has 1 aliphatic rings. The van der Waals surface area contributed by atoms with Gasteiger partial charge >= 0.3 is 0 Å². The Morgan fingerprint density at radius 1 is 0.967 bits per heavy atom. The summed E-state index contributed by atoms with van der Waals surface area (Å²) in [5.74, 6) is -2.26. The van der Waals surface area contributed by atoms with Crippen molar-refractivity contribution in [1.29, 1.82) is 0 Å². The maximum atomic E-state index is 13.4. The van der Waals surface area contributed by atoms with Gasteiger partial charge < -0.3 is 9.47 Å². The molecule has 3 rings (SSSR count). The minimum atomic E-state index is -1.03. The fourth-order valence-electron chi connectivity index (χ4n) is 4.29. The van der Waals surface area contributed by atoms with Crippen molar-refractivity contribution >= 4 is 11.7 Å². The van der Waals surface area contributed by atoms with E-state index in [4.69, 9.17) is 0 Å². The lowest BCUT2D eigenvalue weighted by atomic mass is 10.1. The molecule has 0 atom stereocenters. The van der Waals surface area contributed by atoms with Crippen molar-refractivity contribution in [3.63, 3.8) is 0 Å². The first-order chi connectivity index (χ1) is 14.0. The van der Waals surface area contributed by atoms with Gasteiger partial charge in [-0.1, -0.05) is 0 Å². The van der Waals surface area contributed by atoms with Gasteiger partial charge in [0.1, 0.15) is 0 Å². The van der Waals surface area contributed by atoms with Crippen molar-refractivity contribution < 1.29 is 18.4 Å². The van der Waals surface area contributed by atoms with Crippen LogP contribution in [0.2, 0.25) is 0 Å². The summed E-state index contributed by atoms with van der Waals surface area (Å²) in [6.07, 6.45) is 0. The third-order valence-corrected chi connectivity index (χ3v) is 5.60. The van der Waals surface area contributed by atoms with E-state index in [0.29, 0.717) is 32.7 Å². The number of benzene rings is 1. The molecule has 162 valence electrons. The number of hydrogen-bond acceptors (Lipinski definition) is 3. The molecular formula is C23H29F2N3O2. The van der Waals surface area contributed by atoms with Crippen molar-refractivity contribution in [2.24, 2.45) is 0 Å². The van der Waals surface area contributed by atoms with Crippen LogP contribution in [0.5, 0.6) is 0 Å². The second kappa shape index (κ2) is 8.30. The fourth-order valence-corrected chi connectivity index (χ4v) is 4.29. The van der Waals surface area contributed by atoms with E-state index in [0.717, 1.165) is 29.1 Å². The van der Waals surface area contributed by atoms with Crippen LogP contribution >= 0.6 is 0 Å². The van der Waals surface area contributed by atoms with Crippen molar-refractivity contribution in [2.45, 2.75) is 40.2 Å². The summed E-state index contributed by atoms with van der Waals surface area (Å²) in [6.45, 7) is 12.6. The van der Waals surface area contributed by atoms with E-state index >= 15 is 0 Å². The number of amides is 1. The fraction of sp³-hybridized carbons (Fsp3) is 0.478. The second-order valence-corrected chi connectivity index (χ2v) is 8.91. The van der Waals surface area contributed by atoms with Gasteiger partial charge in [-0.15, -0.1) is 0 Å². The Morgan fingerprint density at radius 3 is 2.13 bits per heavy atom. The van der Waals surface area contributed by atoms with Crippen LogP contribution in [0, 0.1) is 25.5 Å². The van der Waals surface area contributed by atoms with E-state index in [-0.39, 0.29) is 22.8 Å². The Bertz CT molecular complexity index is 968. The van der Waals surface area contributed by atoms with Gasteiger partial charge in [0.25, 0.3) is 5.91 Å². The van der Waals surface area contributed by atoms with Gasteiger partial charge in [-0.3, -0.25) is 14.5 Å². The lowest BCUT2D eigenvalue weighted by Crippen LogP contribution is -2.50. The Labute approximate surface area is 176 Å². The number of aryl methyl sites for hydroxylation is 1. The number of carbonyl (C=O) groups is 2. The predicted molar refractivity (Wildman–Crippen MR) is 112 cm³/mol. The number of carbonyl (C=O) groups excluding carboxylic acids is 2. The van der Waals surface area contributed by atoms with E-state index in [2.05, 4.69) is 25.3 Å². The molecule has 7 heteroatoms. The van der Waals surface area contributed by atoms with Crippen LogP contribution in [0.1, 0.15) is 52.9 Å². The number of halogens is 2. The van der Waals surface area contributed by atoms with Crippen LogP contribution in [0.15, 0.2) is 24.3 Å². The number of aromatic nitrogens is 1. The highest BCUT2D eigenvalue weighted by Gasteiger charge is 2.27. The van der Waals surface area contributed by atoms with E-state index < -0.39 is 11.6 Å². The summed E-state index contributed by atoms with van der Waals surface area (Å²) in [6, 6.07) is 5.14. The third kappa shape index (κ3) is 4.46. The Balaban J connectivity index is 1.61. The first-order valence-electron chi connectivity index (χ1n) is 10.2. The standard InChI is InChI=1S/C23H29F2N3O2/c1-15-12-18(16(2)28(15)23(3,4)5)21(29)14-26-8-10-27(11-9-26)22(30)17-6-7-19(24)20(25)13-17/h6-7,12-13H,8-11,14H2,1-5H3. The normalized spacial score (nSPS) is 15.5. The summed E-state index contributed by atoms with van der Waals surface area (Å²) < 4.78 is 28.7. The quantitative estimate of drug-likeness (QED) is 0.712. The van der Waals surface area contributed by atoms with E-state index in [1.54, 1.807) is 4.90 Å². The van der Waals surface area contributed by atoms with Gasteiger partial charge in [0.15, 0.2) is 17.4 Å². The molecule has 30 heavy (non-hydrogen) atoms. The summed E-state index contributed by atoms with van der Waals surface area (Å²) in [5.41, 5.74) is 2.80. The number of nitrogens with zero attached hydrogens (tertiary/aromatic N) is 3. The molecule has 1 aliphatic heterocycles. The van der Waals surface area contributed by atoms with Crippen molar-refractivity contribution in [1.82, 2.24) is 14.4 Å². The Morgan fingerprint density at radius 2 is 1.60 bits per heavy atom. The van der Waals surface area contributed by atoms with Crippen molar-refractivity contribution in [3.8, 4) is 0 Å². The molecule has 0 unspecified atom stereocenters. The highest BCUT2D eigenvalue weighted by Crippen LogP contribution is 2.25. The first-order valence-corrected chi connectivity index (χ1v) is 10.2. The monoisotopic (exact) mass is 417 g/mol. The number of ketones is 1. The van der Waals surface area contributed by atoms with Crippen molar-refractivity contribution in [3.05, 3.63) is 58.4 Å². The predicted octanol–water partition coefficient (Wildman–Crippen LogP) is 3.78. The highest BCUT2D eigenvalue weighted by molar-refractivity contribution is 5.99. The van der Waals surface area contributed by atoms with Gasteiger partial charge in [0.2, 0.25) is 0 Å². The van der Waals surface area contributed by atoms with E-state index in [1.807, 2.05) is 24.8 Å². The maximum Gasteiger partial charge on any atom is 0.254 e. The molecule has 0 radical (unpaired) electrons. The molecule has 1 fully saturated rings. The Kier molecular flexibility index (Phi) is 6.13. The summed E-state index contributed by atoms with van der Waals surface area (Å²) in [7, 11) is 0.